The molecule has 112 valence electrons. The minimum atomic E-state index is 0.164. The maximum absolute atomic E-state index is 11.4. The first-order valence-electron chi connectivity index (χ1n) is 7.73. The molecule has 0 saturated heterocycles. The zero-order chi connectivity index (χ0) is 14.7. The summed E-state index contributed by atoms with van der Waals surface area (Å²) in [5, 5.41) is 2.95. The standard InChI is InChI=1S/C16H31NO2/c1-13(2)12-16(19)17-11-9-7-5-6-8-10-15(18)14(3)4/h13-14H,5-12H2,1-4H3,(H,17,19). The van der Waals surface area contributed by atoms with E-state index in [0.717, 1.165) is 45.1 Å². The van der Waals surface area contributed by atoms with Crippen LogP contribution in [0.1, 0.15) is 72.6 Å². The van der Waals surface area contributed by atoms with E-state index in [-0.39, 0.29) is 11.8 Å². The Hall–Kier alpha value is -0.860. The van der Waals surface area contributed by atoms with Gasteiger partial charge in [0, 0.05) is 25.3 Å². The Balaban J connectivity index is 3.28. The second-order valence-corrected chi connectivity index (χ2v) is 6.09. The highest BCUT2D eigenvalue weighted by atomic mass is 16.1. The topological polar surface area (TPSA) is 46.2 Å². The fraction of sp³-hybridized carbons (Fsp3) is 0.875. The van der Waals surface area contributed by atoms with Gasteiger partial charge in [0.05, 0.1) is 0 Å². The number of hydrogen-bond donors (Lipinski definition) is 1. The molecule has 0 aromatic heterocycles. The number of carbonyl (C=O) groups excluding carboxylic acids is 2. The van der Waals surface area contributed by atoms with Gasteiger partial charge in [-0.3, -0.25) is 9.59 Å². The quantitative estimate of drug-likeness (QED) is 0.581. The summed E-state index contributed by atoms with van der Waals surface area (Å²) in [6.45, 7) is 8.82. The average molecular weight is 269 g/mol. The lowest BCUT2D eigenvalue weighted by Crippen LogP contribution is -2.25. The molecule has 0 atom stereocenters. The molecule has 3 heteroatoms. The molecule has 0 aromatic rings. The molecular formula is C16H31NO2. The highest BCUT2D eigenvalue weighted by molar-refractivity contribution is 5.80. The first-order chi connectivity index (χ1) is 8.93. The van der Waals surface area contributed by atoms with Crippen molar-refractivity contribution in [2.75, 3.05) is 6.54 Å². The smallest absolute Gasteiger partial charge is 0.220 e. The fourth-order valence-electron chi connectivity index (χ4n) is 1.91. The summed E-state index contributed by atoms with van der Waals surface area (Å²) in [6, 6.07) is 0. The van der Waals surface area contributed by atoms with E-state index in [1.165, 1.54) is 0 Å². The van der Waals surface area contributed by atoms with E-state index in [0.29, 0.717) is 18.1 Å². The van der Waals surface area contributed by atoms with E-state index in [1.807, 2.05) is 13.8 Å². The van der Waals surface area contributed by atoms with E-state index in [2.05, 4.69) is 19.2 Å². The van der Waals surface area contributed by atoms with E-state index >= 15 is 0 Å². The van der Waals surface area contributed by atoms with Gasteiger partial charge in [-0.25, -0.2) is 0 Å². The van der Waals surface area contributed by atoms with Gasteiger partial charge < -0.3 is 5.32 Å². The molecule has 0 fully saturated rings. The Bertz CT molecular complexity index is 259. The lowest BCUT2D eigenvalue weighted by Gasteiger charge is -2.07. The van der Waals surface area contributed by atoms with Crippen molar-refractivity contribution in [1.82, 2.24) is 5.32 Å². The van der Waals surface area contributed by atoms with Crippen LogP contribution in [0.3, 0.4) is 0 Å². The van der Waals surface area contributed by atoms with Crippen LogP contribution in [0.4, 0.5) is 0 Å². The average Bonchev–Trinajstić information content (AvgIpc) is 2.31. The minimum Gasteiger partial charge on any atom is -0.356 e. The molecular weight excluding hydrogens is 238 g/mol. The van der Waals surface area contributed by atoms with Gasteiger partial charge in [0.1, 0.15) is 5.78 Å². The van der Waals surface area contributed by atoms with E-state index in [4.69, 9.17) is 0 Å². The lowest BCUT2D eigenvalue weighted by atomic mass is 10.0. The summed E-state index contributed by atoms with van der Waals surface area (Å²) >= 11 is 0. The van der Waals surface area contributed by atoms with Crippen molar-refractivity contribution < 1.29 is 9.59 Å². The number of hydrogen-bond acceptors (Lipinski definition) is 2. The van der Waals surface area contributed by atoms with Crippen LogP contribution in [0.15, 0.2) is 0 Å². The predicted octanol–water partition coefficient (Wildman–Crippen LogP) is 3.71. The number of carbonyl (C=O) groups is 2. The van der Waals surface area contributed by atoms with Crippen molar-refractivity contribution in [3.8, 4) is 0 Å². The third kappa shape index (κ3) is 11.9. The molecule has 0 rings (SSSR count). The molecule has 0 bridgehead atoms. The Labute approximate surface area is 118 Å². The van der Waals surface area contributed by atoms with Crippen LogP contribution in [-0.4, -0.2) is 18.2 Å². The Morgan fingerprint density at radius 1 is 0.895 bits per heavy atom. The highest BCUT2D eigenvalue weighted by Gasteiger charge is 2.06. The molecule has 0 radical (unpaired) electrons. The fourth-order valence-corrected chi connectivity index (χ4v) is 1.91. The zero-order valence-corrected chi connectivity index (χ0v) is 13.1. The summed E-state index contributed by atoms with van der Waals surface area (Å²) < 4.78 is 0. The third-order valence-corrected chi connectivity index (χ3v) is 3.16. The number of unbranched alkanes of at least 4 members (excludes halogenated alkanes) is 4. The second kappa shape index (κ2) is 11.0. The van der Waals surface area contributed by atoms with Crippen LogP contribution in [0, 0.1) is 11.8 Å². The largest absolute Gasteiger partial charge is 0.356 e. The van der Waals surface area contributed by atoms with E-state index < -0.39 is 0 Å². The maximum atomic E-state index is 11.4. The molecule has 0 aliphatic rings. The monoisotopic (exact) mass is 269 g/mol. The Morgan fingerprint density at radius 2 is 1.47 bits per heavy atom. The number of Topliss-reactive ketones (excluding diaryl/α,β-unsaturated/α-hetero) is 1. The van der Waals surface area contributed by atoms with Crippen LogP contribution < -0.4 is 5.32 Å². The summed E-state index contributed by atoms with van der Waals surface area (Å²) in [6.07, 6.45) is 6.82. The zero-order valence-electron chi connectivity index (χ0n) is 13.1. The maximum Gasteiger partial charge on any atom is 0.220 e. The van der Waals surface area contributed by atoms with E-state index in [1.54, 1.807) is 0 Å². The lowest BCUT2D eigenvalue weighted by molar-refractivity contribution is -0.122. The van der Waals surface area contributed by atoms with Crippen molar-refractivity contribution in [1.29, 1.82) is 0 Å². The van der Waals surface area contributed by atoms with Gasteiger partial charge in [0.25, 0.3) is 0 Å². The number of ketones is 1. The molecule has 19 heavy (non-hydrogen) atoms. The van der Waals surface area contributed by atoms with Gasteiger partial charge in [0.2, 0.25) is 5.91 Å². The van der Waals surface area contributed by atoms with E-state index in [9.17, 15) is 9.59 Å². The van der Waals surface area contributed by atoms with Crippen molar-refractivity contribution in [2.45, 2.75) is 72.6 Å². The summed E-state index contributed by atoms with van der Waals surface area (Å²) in [5.41, 5.74) is 0. The number of nitrogens with one attached hydrogen (secondary N) is 1. The van der Waals surface area contributed by atoms with Gasteiger partial charge >= 0.3 is 0 Å². The number of amides is 1. The molecule has 0 heterocycles. The SMILES string of the molecule is CC(C)CC(=O)NCCCCCCCC(=O)C(C)C. The molecule has 0 aliphatic carbocycles. The second-order valence-electron chi connectivity index (χ2n) is 6.09. The van der Waals surface area contributed by atoms with Crippen molar-refractivity contribution >= 4 is 11.7 Å². The summed E-state index contributed by atoms with van der Waals surface area (Å²) in [4.78, 5) is 22.8. The van der Waals surface area contributed by atoms with Gasteiger partial charge in [0.15, 0.2) is 0 Å². The highest BCUT2D eigenvalue weighted by Crippen LogP contribution is 2.08. The van der Waals surface area contributed by atoms with Crippen LogP contribution in [0.5, 0.6) is 0 Å². The first-order valence-corrected chi connectivity index (χ1v) is 7.73. The number of rotatable bonds is 11. The molecule has 3 nitrogen and oxygen atoms in total. The Morgan fingerprint density at radius 3 is 2.05 bits per heavy atom. The summed E-state index contributed by atoms with van der Waals surface area (Å²) in [5.74, 6) is 1.15. The van der Waals surface area contributed by atoms with Crippen molar-refractivity contribution in [3.63, 3.8) is 0 Å². The Kier molecular flexibility index (Phi) is 10.5. The van der Waals surface area contributed by atoms with Gasteiger partial charge in [-0.2, -0.15) is 0 Å². The van der Waals surface area contributed by atoms with Crippen LogP contribution in [-0.2, 0) is 9.59 Å². The minimum absolute atomic E-state index is 0.164. The van der Waals surface area contributed by atoms with Crippen molar-refractivity contribution in [2.24, 2.45) is 11.8 Å². The van der Waals surface area contributed by atoms with Crippen LogP contribution in [0.2, 0.25) is 0 Å². The molecule has 0 aromatic carbocycles. The molecule has 0 saturated carbocycles. The molecule has 1 amide bonds. The molecule has 0 unspecified atom stereocenters. The first kappa shape index (κ1) is 18.1. The normalized spacial score (nSPS) is 11.1. The third-order valence-electron chi connectivity index (χ3n) is 3.16. The van der Waals surface area contributed by atoms with Gasteiger partial charge in [-0.05, 0) is 18.8 Å². The van der Waals surface area contributed by atoms with Crippen molar-refractivity contribution in [3.05, 3.63) is 0 Å². The van der Waals surface area contributed by atoms with Gasteiger partial charge in [-0.15, -0.1) is 0 Å². The molecule has 0 aliphatic heterocycles. The van der Waals surface area contributed by atoms with Gasteiger partial charge in [-0.1, -0.05) is 47.0 Å². The predicted molar refractivity (Wildman–Crippen MR) is 80.0 cm³/mol. The summed E-state index contributed by atoms with van der Waals surface area (Å²) in [7, 11) is 0. The molecule has 0 spiro atoms. The van der Waals surface area contributed by atoms with Crippen LogP contribution >= 0.6 is 0 Å². The molecule has 1 N–H and O–H groups in total. The van der Waals surface area contributed by atoms with Crippen LogP contribution in [0.25, 0.3) is 0 Å².